The Hall–Kier alpha value is -2.16. The second kappa shape index (κ2) is 5.68. The van der Waals surface area contributed by atoms with Crippen LogP contribution in [-0.4, -0.2) is 37.1 Å². The van der Waals surface area contributed by atoms with Crippen LogP contribution in [0.15, 0.2) is 29.6 Å². The molecule has 0 amide bonds. The van der Waals surface area contributed by atoms with Crippen LogP contribution in [0.25, 0.3) is 21.0 Å². The molecule has 0 aliphatic carbocycles. The maximum Gasteiger partial charge on any atom is 0.144 e. The number of anilines is 1. The van der Waals surface area contributed by atoms with Crippen LogP contribution in [0, 0.1) is 11.3 Å². The summed E-state index contributed by atoms with van der Waals surface area (Å²) in [5.74, 6) is 0.907. The van der Waals surface area contributed by atoms with Gasteiger partial charge >= 0.3 is 0 Å². The van der Waals surface area contributed by atoms with Gasteiger partial charge in [-0.15, -0.1) is 11.3 Å². The van der Waals surface area contributed by atoms with Crippen LogP contribution in [0.1, 0.15) is 5.56 Å². The van der Waals surface area contributed by atoms with Gasteiger partial charge in [-0.1, -0.05) is 6.07 Å². The van der Waals surface area contributed by atoms with Gasteiger partial charge < -0.3 is 10.2 Å². The van der Waals surface area contributed by atoms with E-state index in [4.69, 9.17) is 10.2 Å². The standard InChI is InChI=1S/C16H16N4S/c1-20(2)7-6-18-16-15-13(5-8-21-15)12-4-3-11(10-17)9-14(12)19-16/h3-5,8-9H,6-7H2,1-2H3,(H,18,19). The van der Waals surface area contributed by atoms with E-state index in [1.165, 1.54) is 10.1 Å². The van der Waals surface area contributed by atoms with Crippen molar-refractivity contribution in [3.8, 4) is 6.07 Å². The fourth-order valence-corrected chi connectivity index (χ4v) is 3.19. The molecule has 0 aliphatic rings. The number of hydrogen-bond donors (Lipinski definition) is 1. The van der Waals surface area contributed by atoms with Crippen molar-refractivity contribution >= 4 is 38.1 Å². The van der Waals surface area contributed by atoms with Gasteiger partial charge in [0.1, 0.15) is 5.82 Å². The summed E-state index contributed by atoms with van der Waals surface area (Å²) in [6.45, 7) is 1.79. The SMILES string of the molecule is CN(C)CCNc1nc2cc(C#N)ccc2c2ccsc12. The maximum absolute atomic E-state index is 9.05. The molecule has 5 heteroatoms. The van der Waals surface area contributed by atoms with Gasteiger partial charge in [0.2, 0.25) is 0 Å². The van der Waals surface area contributed by atoms with Crippen molar-refractivity contribution in [3.63, 3.8) is 0 Å². The maximum atomic E-state index is 9.05. The van der Waals surface area contributed by atoms with E-state index in [0.29, 0.717) is 5.56 Å². The Balaban J connectivity index is 2.09. The van der Waals surface area contributed by atoms with E-state index in [1.807, 2.05) is 18.2 Å². The molecule has 0 bridgehead atoms. The number of fused-ring (bicyclic) bond motifs is 3. The summed E-state index contributed by atoms with van der Waals surface area (Å²) in [5.41, 5.74) is 1.51. The molecule has 1 N–H and O–H groups in total. The minimum atomic E-state index is 0.642. The number of nitriles is 1. The largest absolute Gasteiger partial charge is 0.368 e. The molecule has 0 saturated heterocycles. The Kier molecular flexibility index (Phi) is 3.74. The van der Waals surface area contributed by atoms with Gasteiger partial charge in [-0.3, -0.25) is 0 Å². The second-order valence-electron chi connectivity index (χ2n) is 5.20. The third-order valence-electron chi connectivity index (χ3n) is 3.38. The van der Waals surface area contributed by atoms with E-state index in [0.717, 1.165) is 29.8 Å². The number of likely N-dealkylation sites (N-methyl/N-ethyl adjacent to an activating group) is 1. The zero-order valence-corrected chi connectivity index (χ0v) is 12.9. The highest BCUT2D eigenvalue weighted by Gasteiger charge is 2.10. The van der Waals surface area contributed by atoms with E-state index in [2.05, 4.69) is 41.8 Å². The Morgan fingerprint density at radius 2 is 2.14 bits per heavy atom. The fraction of sp³-hybridized carbons (Fsp3) is 0.250. The quantitative estimate of drug-likeness (QED) is 0.802. The number of aromatic nitrogens is 1. The minimum Gasteiger partial charge on any atom is -0.368 e. The highest BCUT2D eigenvalue weighted by molar-refractivity contribution is 7.18. The van der Waals surface area contributed by atoms with Crippen molar-refractivity contribution in [3.05, 3.63) is 35.2 Å². The zero-order valence-electron chi connectivity index (χ0n) is 12.1. The molecule has 2 aromatic heterocycles. The molecule has 21 heavy (non-hydrogen) atoms. The average molecular weight is 296 g/mol. The molecule has 0 fully saturated rings. The molecule has 3 rings (SSSR count). The van der Waals surface area contributed by atoms with Crippen molar-refractivity contribution in [2.24, 2.45) is 0 Å². The zero-order chi connectivity index (χ0) is 14.8. The molecular weight excluding hydrogens is 280 g/mol. The number of thiophene rings is 1. The van der Waals surface area contributed by atoms with Crippen LogP contribution in [0.3, 0.4) is 0 Å². The molecule has 0 spiro atoms. The lowest BCUT2D eigenvalue weighted by Crippen LogP contribution is -2.21. The summed E-state index contributed by atoms with van der Waals surface area (Å²) in [6.07, 6.45) is 0. The Bertz CT molecular complexity index is 829. The van der Waals surface area contributed by atoms with Gasteiger partial charge in [0.25, 0.3) is 0 Å². The van der Waals surface area contributed by atoms with Crippen LogP contribution in [0.4, 0.5) is 5.82 Å². The van der Waals surface area contributed by atoms with Gasteiger partial charge in [0, 0.05) is 23.9 Å². The molecular formula is C16H16N4S. The molecule has 3 aromatic rings. The van der Waals surface area contributed by atoms with Crippen LogP contribution < -0.4 is 5.32 Å². The van der Waals surface area contributed by atoms with Crippen LogP contribution >= 0.6 is 11.3 Å². The van der Waals surface area contributed by atoms with Crippen molar-refractivity contribution in [1.82, 2.24) is 9.88 Å². The molecule has 0 aliphatic heterocycles. The Morgan fingerprint density at radius 3 is 2.90 bits per heavy atom. The number of nitrogens with zero attached hydrogens (tertiary/aromatic N) is 3. The molecule has 0 atom stereocenters. The summed E-state index contributed by atoms with van der Waals surface area (Å²) in [7, 11) is 4.10. The topological polar surface area (TPSA) is 52.0 Å². The smallest absolute Gasteiger partial charge is 0.144 e. The van der Waals surface area contributed by atoms with Crippen LogP contribution in [0.2, 0.25) is 0 Å². The molecule has 4 nitrogen and oxygen atoms in total. The molecule has 0 unspecified atom stereocenters. The first-order chi connectivity index (χ1) is 10.2. The summed E-state index contributed by atoms with van der Waals surface area (Å²) in [4.78, 5) is 6.84. The summed E-state index contributed by atoms with van der Waals surface area (Å²) >= 11 is 1.69. The Labute approximate surface area is 127 Å². The van der Waals surface area contributed by atoms with Crippen LogP contribution in [-0.2, 0) is 0 Å². The van der Waals surface area contributed by atoms with Crippen molar-refractivity contribution < 1.29 is 0 Å². The predicted octanol–water partition coefficient (Wildman–Crippen LogP) is 3.29. The third kappa shape index (κ3) is 2.68. The lowest BCUT2D eigenvalue weighted by molar-refractivity contribution is 0.425. The van der Waals surface area contributed by atoms with E-state index >= 15 is 0 Å². The van der Waals surface area contributed by atoms with Gasteiger partial charge in [-0.25, -0.2) is 4.98 Å². The molecule has 0 radical (unpaired) electrons. The minimum absolute atomic E-state index is 0.642. The normalized spacial score (nSPS) is 11.1. The number of nitrogens with one attached hydrogen (secondary N) is 1. The summed E-state index contributed by atoms with van der Waals surface area (Å²) in [5, 5.41) is 16.8. The van der Waals surface area contributed by atoms with Crippen LogP contribution in [0.5, 0.6) is 0 Å². The van der Waals surface area contributed by atoms with E-state index < -0.39 is 0 Å². The molecule has 2 heterocycles. The van der Waals surface area contributed by atoms with E-state index in [1.54, 1.807) is 11.3 Å². The van der Waals surface area contributed by atoms with Crippen molar-refractivity contribution in [1.29, 1.82) is 5.26 Å². The van der Waals surface area contributed by atoms with E-state index in [-0.39, 0.29) is 0 Å². The lowest BCUT2D eigenvalue weighted by atomic mass is 10.1. The third-order valence-corrected chi connectivity index (χ3v) is 4.30. The monoisotopic (exact) mass is 296 g/mol. The van der Waals surface area contributed by atoms with Gasteiger partial charge in [-0.05, 0) is 37.7 Å². The molecule has 106 valence electrons. The van der Waals surface area contributed by atoms with E-state index in [9.17, 15) is 0 Å². The summed E-state index contributed by atoms with van der Waals surface area (Å²) in [6, 6.07) is 9.98. The number of hydrogen-bond acceptors (Lipinski definition) is 5. The fourth-order valence-electron chi connectivity index (χ4n) is 2.32. The number of pyridine rings is 1. The predicted molar refractivity (Wildman–Crippen MR) is 88.9 cm³/mol. The first-order valence-corrected chi connectivity index (χ1v) is 7.66. The molecule has 0 saturated carbocycles. The average Bonchev–Trinajstić information content (AvgIpc) is 2.96. The highest BCUT2D eigenvalue weighted by Crippen LogP contribution is 2.33. The second-order valence-corrected chi connectivity index (χ2v) is 6.11. The molecule has 1 aromatic carbocycles. The van der Waals surface area contributed by atoms with Gasteiger partial charge in [0.05, 0.1) is 21.8 Å². The van der Waals surface area contributed by atoms with Crippen molar-refractivity contribution in [2.45, 2.75) is 0 Å². The van der Waals surface area contributed by atoms with Gasteiger partial charge in [-0.2, -0.15) is 5.26 Å². The number of rotatable bonds is 4. The number of benzene rings is 1. The summed E-state index contributed by atoms with van der Waals surface area (Å²) < 4.78 is 1.17. The first-order valence-electron chi connectivity index (χ1n) is 6.78. The van der Waals surface area contributed by atoms with Crippen molar-refractivity contribution in [2.75, 3.05) is 32.5 Å². The highest BCUT2D eigenvalue weighted by atomic mass is 32.1. The first kappa shape index (κ1) is 13.8. The lowest BCUT2D eigenvalue weighted by Gasteiger charge is -2.12. The Morgan fingerprint density at radius 1 is 1.29 bits per heavy atom. The van der Waals surface area contributed by atoms with Gasteiger partial charge in [0.15, 0.2) is 0 Å².